The Morgan fingerprint density at radius 1 is 1.05 bits per heavy atom. The smallest absolute Gasteiger partial charge is 0.0547 e. The van der Waals surface area contributed by atoms with E-state index in [9.17, 15) is 0 Å². The molecule has 0 radical (unpaired) electrons. The normalized spacial score (nSPS) is 11.0. The third-order valence-electron chi connectivity index (χ3n) is 3.22. The molecule has 0 unspecified atom stereocenters. The van der Waals surface area contributed by atoms with E-state index in [1.54, 1.807) is 0 Å². The van der Waals surface area contributed by atoms with Crippen molar-refractivity contribution in [1.29, 1.82) is 0 Å². The maximum atomic E-state index is 4.69. The molecule has 0 bridgehead atoms. The van der Waals surface area contributed by atoms with Crippen molar-refractivity contribution in [3.05, 3.63) is 63.9 Å². The van der Waals surface area contributed by atoms with Crippen LogP contribution in [0.5, 0.6) is 0 Å². The molecule has 3 nitrogen and oxygen atoms in total. The molecule has 1 heterocycles. The topological polar surface area (TPSA) is 28.2 Å². The Bertz CT molecular complexity index is 554. The molecule has 112 valence electrons. The van der Waals surface area contributed by atoms with Crippen LogP contribution in [0.25, 0.3) is 0 Å². The molecular weight excluding hydrogens is 326 g/mol. The number of halogens is 1. The molecule has 1 aromatic heterocycles. The van der Waals surface area contributed by atoms with Crippen LogP contribution < -0.4 is 5.32 Å². The van der Waals surface area contributed by atoms with Gasteiger partial charge in [-0.05, 0) is 43.4 Å². The van der Waals surface area contributed by atoms with Gasteiger partial charge in [0.1, 0.15) is 0 Å². The molecule has 2 rings (SSSR count). The van der Waals surface area contributed by atoms with Gasteiger partial charge in [-0.1, -0.05) is 41.1 Å². The van der Waals surface area contributed by atoms with Gasteiger partial charge in [0.2, 0.25) is 0 Å². The summed E-state index contributed by atoms with van der Waals surface area (Å²) in [5.41, 5.74) is 3.53. The second-order valence-electron chi connectivity index (χ2n) is 5.20. The first-order chi connectivity index (χ1) is 10.2. The molecule has 21 heavy (non-hydrogen) atoms. The van der Waals surface area contributed by atoms with Gasteiger partial charge < -0.3 is 5.32 Å². The van der Waals surface area contributed by atoms with Gasteiger partial charge in [0.15, 0.2) is 0 Å². The fourth-order valence-corrected chi connectivity index (χ4v) is 2.47. The monoisotopic (exact) mass is 347 g/mol. The molecule has 0 saturated carbocycles. The molecule has 0 aliphatic heterocycles. The van der Waals surface area contributed by atoms with Crippen LogP contribution in [-0.4, -0.2) is 23.5 Å². The number of nitrogens with zero attached hydrogens (tertiary/aromatic N) is 2. The van der Waals surface area contributed by atoms with E-state index in [1.165, 1.54) is 5.56 Å². The average Bonchev–Trinajstić information content (AvgIpc) is 2.48. The first-order valence-electron chi connectivity index (χ1n) is 7.26. The Morgan fingerprint density at radius 3 is 2.48 bits per heavy atom. The van der Waals surface area contributed by atoms with E-state index < -0.39 is 0 Å². The van der Waals surface area contributed by atoms with Crippen molar-refractivity contribution >= 4 is 15.9 Å². The summed E-state index contributed by atoms with van der Waals surface area (Å²) in [7, 11) is 2.13. The van der Waals surface area contributed by atoms with Crippen molar-refractivity contribution in [2.24, 2.45) is 0 Å². The van der Waals surface area contributed by atoms with E-state index in [0.717, 1.165) is 42.0 Å². The highest BCUT2D eigenvalue weighted by Gasteiger charge is 2.04. The number of hydrogen-bond acceptors (Lipinski definition) is 3. The number of rotatable bonds is 7. The number of nitrogens with one attached hydrogen (secondary N) is 1. The minimum Gasteiger partial charge on any atom is -0.311 e. The highest BCUT2D eigenvalue weighted by Crippen LogP contribution is 2.12. The fourth-order valence-electron chi connectivity index (χ4n) is 2.20. The molecule has 0 saturated heterocycles. The van der Waals surface area contributed by atoms with Crippen LogP contribution in [0.3, 0.4) is 0 Å². The maximum Gasteiger partial charge on any atom is 0.0547 e. The summed E-state index contributed by atoms with van der Waals surface area (Å²) in [6, 6.07) is 14.7. The first-order valence-corrected chi connectivity index (χ1v) is 8.05. The number of aromatic nitrogens is 1. The second-order valence-corrected chi connectivity index (χ2v) is 6.12. The quantitative estimate of drug-likeness (QED) is 0.829. The third kappa shape index (κ3) is 5.58. The van der Waals surface area contributed by atoms with Crippen LogP contribution in [0.15, 0.2) is 46.9 Å². The van der Waals surface area contributed by atoms with Crippen molar-refractivity contribution in [3.8, 4) is 0 Å². The van der Waals surface area contributed by atoms with Gasteiger partial charge in [0, 0.05) is 24.1 Å². The molecule has 1 aromatic carbocycles. The predicted molar refractivity (Wildman–Crippen MR) is 90.9 cm³/mol. The van der Waals surface area contributed by atoms with E-state index in [1.807, 2.05) is 0 Å². The van der Waals surface area contributed by atoms with Crippen molar-refractivity contribution < 1.29 is 0 Å². The molecule has 0 fully saturated rings. The van der Waals surface area contributed by atoms with E-state index in [0.29, 0.717) is 0 Å². The van der Waals surface area contributed by atoms with Gasteiger partial charge in [0.25, 0.3) is 0 Å². The summed E-state index contributed by atoms with van der Waals surface area (Å²) in [5.74, 6) is 0. The zero-order chi connectivity index (χ0) is 15.1. The lowest BCUT2D eigenvalue weighted by Gasteiger charge is -2.17. The summed E-state index contributed by atoms with van der Waals surface area (Å²) in [6.45, 7) is 5.69. The molecule has 0 amide bonds. The molecule has 0 atom stereocenters. The van der Waals surface area contributed by atoms with Gasteiger partial charge in [0.05, 0.1) is 11.4 Å². The van der Waals surface area contributed by atoms with Gasteiger partial charge in [-0.25, -0.2) is 0 Å². The van der Waals surface area contributed by atoms with Gasteiger partial charge in [-0.15, -0.1) is 0 Å². The number of pyridine rings is 1. The molecule has 1 N–H and O–H groups in total. The predicted octanol–water partition coefficient (Wildman–Crippen LogP) is 3.59. The van der Waals surface area contributed by atoms with Gasteiger partial charge >= 0.3 is 0 Å². The minimum absolute atomic E-state index is 0.834. The lowest BCUT2D eigenvalue weighted by atomic mass is 10.2. The van der Waals surface area contributed by atoms with Crippen molar-refractivity contribution in [1.82, 2.24) is 15.2 Å². The SMILES string of the molecule is CCNCc1cccc(CN(C)Cc2ccc(Br)cc2)n1. The van der Waals surface area contributed by atoms with Crippen LogP contribution in [0.2, 0.25) is 0 Å². The lowest BCUT2D eigenvalue weighted by molar-refractivity contribution is 0.314. The second kappa shape index (κ2) is 8.27. The summed E-state index contributed by atoms with van der Waals surface area (Å²) in [4.78, 5) is 6.97. The number of benzene rings is 1. The van der Waals surface area contributed by atoms with Crippen molar-refractivity contribution in [2.75, 3.05) is 13.6 Å². The van der Waals surface area contributed by atoms with E-state index in [-0.39, 0.29) is 0 Å². The Balaban J connectivity index is 1.92. The molecule has 2 aromatic rings. The Morgan fingerprint density at radius 2 is 1.76 bits per heavy atom. The standard InChI is InChI=1S/C17H22BrN3/c1-3-19-11-16-5-4-6-17(20-16)13-21(2)12-14-7-9-15(18)10-8-14/h4-10,19H,3,11-13H2,1-2H3. The molecule has 0 aliphatic rings. The van der Waals surface area contributed by atoms with E-state index in [2.05, 4.69) is 82.6 Å². The lowest BCUT2D eigenvalue weighted by Crippen LogP contribution is -2.19. The van der Waals surface area contributed by atoms with E-state index in [4.69, 9.17) is 4.98 Å². The van der Waals surface area contributed by atoms with Crippen LogP contribution in [-0.2, 0) is 19.6 Å². The first kappa shape index (κ1) is 16.1. The number of hydrogen-bond donors (Lipinski definition) is 1. The molecular formula is C17H22BrN3. The van der Waals surface area contributed by atoms with Crippen LogP contribution >= 0.6 is 15.9 Å². The average molecular weight is 348 g/mol. The minimum atomic E-state index is 0.834. The van der Waals surface area contributed by atoms with Crippen LogP contribution in [0.1, 0.15) is 23.9 Å². The zero-order valence-corrected chi connectivity index (χ0v) is 14.2. The molecule has 0 spiro atoms. The summed E-state index contributed by atoms with van der Waals surface area (Å²) in [6.07, 6.45) is 0. The van der Waals surface area contributed by atoms with Gasteiger partial charge in [-0.2, -0.15) is 0 Å². The van der Waals surface area contributed by atoms with Gasteiger partial charge in [-0.3, -0.25) is 9.88 Å². The third-order valence-corrected chi connectivity index (χ3v) is 3.75. The summed E-state index contributed by atoms with van der Waals surface area (Å²) in [5, 5.41) is 3.31. The zero-order valence-electron chi connectivity index (χ0n) is 12.6. The Kier molecular flexibility index (Phi) is 6.36. The van der Waals surface area contributed by atoms with E-state index >= 15 is 0 Å². The van der Waals surface area contributed by atoms with Crippen LogP contribution in [0.4, 0.5) is 0 Å². The molecule has 0 aliphatic carbocycles. The fraction of sp³-hybridized carbons (Fsp3) is 0.353. The highest BCUT2D eigenvalue weighted by atomic mass is 79.9. The summed E-state index contributed by atoms with van der Waals surface area (Å²) < 4.78 is 1.12. The largest absolute Gasteiger partial charge is 0.311 e. The van der Waals surface area contributed by atoms with Crippen LogP contribution in [0, 0.1) is 0 Å². The maximum absolute atomic E-state index is 4.69. The Hall–Kier alpha value is -1.23. The molecule has 4 heteroatoms. The Labute approximate surface area is 135 Å². The highest BCUT2D eigenvalue weighted by molar-refractivity contribution is 9.10. The summed E-state index contributed by atoms with van der Waals surface area (Å²) >= 11 is 3.46. The van der Waals surface area contributed by atoms with Crippen molar-refractivity contribution in [2.45, 2.75) is 26.6 Å². The van der Waals surface area contributed by atoms with Crippen molar-refractivity contribution in [3.63, 3.8) is 0 Å².